The number of hydrogen-bond acceptors (Lipinski definition) is 5. The van der Waals surface area contributed by atoms with Gasteiger partial charge in [0.2, 0.25) is 0 Å². The monoisotopic (exact) mass is 315 g/mol. The Hall–Kier alpha value is -2.93. The predicted molar refractivity (Wildman–Crippen MR) is 87.2 cm³/mol. The lowest BCUT2D eigenvalue weighted by molar-refractivity contribution is -0.383. The lowest BCUT2D eigenvalue weighted by atomic mass is 10.1. The van der Waals surface area contributed by atoms with Gasteiger partial charge in [0.05, 0.1) is 11.5 Å². The molecule has 120 valence electrons. The maximum absolute atomic E-state index is 12.3. The molecule has 0 aliphatic rings. The molecular weight excluding hydrogens is 298 g/mol. The van der Waals surface area contributed by atoms with Crippen LogP contribution in [-0.2, 0) is 11.3 Å². The molecule has 2 aromatic rings. The normalized spacial score (nSPS) is 10.3. The van der Waals surface area contributed by atoms with E-state index in [9.17, 15) is 14.9 Å². The Bertz CT molecular complexity index is 731. The second-order valence-corrected chi connectivity index (χ2v) is 4.78. The molecule has 0 aliphatic carbocycles. The predicted octanol–water partition coefficient (Wildman–Crippen LogP) is 2.97. The van der Waals surface area contributed by atoms with Gasteiger partial charge in [-0.3, -0.25) is 14.9 Å². The molecule has 0 radical (unpaired) electrons. The summed E-state index contributed by atoms with van der Waals surface area (Å²) in [6.45, 7) is 2.82. The average Bonchev–Trinajstić information content (AvgIpc) is 2.54. The van der Waals surface area contributed by atoms with Gasteiger partial charge in [0, 0.05) is 29.5 Å². The summed E-state index contributed by atoms with van der Waals surface area (Å²) < 4.78 is 5.36. The van der Waals surface area contributed by atoms with Gasteiger partial charge in [-0.05, 0) is 25.1 Å². The topological polar surface area (TPSA) is 107 Å². The minimum absolute atomic E-state index is 0.0169. The van der Waals surface area contributed by atoms with Crippen molar-refractivity contribution in [2.24, 2.45) is 0 Å². The minimum atomic E-state index is -0.616. The van der Waals surface area contributed by atoms with Gasteiger partial charge in [-0.15, -0.1) is 0 Å². The van der Waals surface area contributed by atoms with Crippen molar-refractivity contribution in [2.45, 2.75) is 13.5 Å². The molecule has 2 rings (SSSR count). The lowest BCUT2D eigenvalue weighted by Crippen LogP contribution is -2.14. The number of nitrogens with two attached hydrogens (primary N) is 1. The highest BCUT2D eigenvalue weighted by molar-refractivity contribution is 6.05. The second-order valence-electron chi connectivity index (χ2n) is 4.78. The number of nitrogen functional groups attached to an aromatic ring is 1. The van der Waals surface area contributed by atoms with Crippen LogP contribution in [0.1, 0.15) is 22.8 Å². The summed E-state index contributed by atoms with van der Waals surface area (Å²) in [7, 11) is 0. The Labute approximate surface area is 133 Å². The van der Waals surface area contributed by atoms with Crippen molar-refractivity contribution < 1.29 is 14.5 Å². The first-order chi connectivity index (χ1) is 11.0. The Morgan fingerprint density at radius 3 is 2.74 bits per heavy atom. The number of ether oxygens (including phenoxy) is 1. The smallest absolute Gasteiger partial charge is 0.292 e. The fraction of sp³-hybridized carbons (Fsp3) is 0.188. The molecule has 0 saturated carbocycles. The van der Waals surface area contributed by atoms with Gasteiger partial charge >= 0.3 is 0 Å². The molecule has 7 heteroatoms. The summed E-state index contributed by atoms with van der Waals surface area (Å²) in [4.78, 5) is 22.6. The molecule has 0 atom stereocenters. The molecule has 0 fully saturated rings. The number of amides is 1. The first-order valence-electron chi connectivity index (χ1n) is 7.03. The minimum Gasteiger partial charge on any atom is -0.393 e. The van der Waals surface area contributed by atoms with E-state index in [0.29, 0.717) is 18.9 Å². The van der Waals surface area contributed by atoms with Crippen molar-refractivity contribution >= 4 is 23.0 Å². The van der Waals surface area contributed by atoms with E-state index in [4.69, 9.17) is 10.5 Å². The summed E-state index contributed by atoms with van der Waals surface area (Å²) in [6, 6.07) is 11.2. The van der Waals surface area contributed by atoms with Crippen LogP contribution in [-0.4, -0.2) is 17.4 Å². The van der Waals surface area contributed by atoms with Gasteiger partial charge in [-0.25, -0.2) is 0 Å². The molecule has 0 bridgehead atoms. The fourth-order valence-corrected chi connectivity index (χ4v) is 2.02. The number of nitro groups is 1. The van der Waals surface area contributed by atoms with Crippen LogP contribution in [0.3, 0.4) is 0 Å². The Morgan fingerprint density at radius 1 is 1.30 bits per heavy atom. The molecule has 1 amide bonds. The molecule has 0 saturated heterocycles. The first kappa shape index (κ1) is 16.4. The van der Waals surface area contributed by atoms with Crippen LogP contribution >= 0.6 is 0 Å². The summed E-state index contributed by atoms with van der Waals surface area (Å²) in [6.07, 6.45) is 0. The van der Waals surface area contributed by atoms with E-state index in [-0.39, 0.29) is 16.9 Å². The SMILES string of the molecule is CCOCc1ccccc1NC(=O)c1ccc(N)c([N+](=O)[O-])c1. The number of nitro benzene ring substituents is 1. The van der Waals surface area contributed by atoms with Crippen LogP contribution in [0, 0.1) is 10.1 Å². The molecule has 0 aromatic heterocycles. The van der Waals surface area contributed by atoms with E-state index < -0.39 is 10.8 Å². The van der Waals surface area contributed by atoms with E-state index in [1.807, 2.05) is 19.1 Å². The van der Waals surface area contributed by atoms with Crippen molar-refractivity contribution in [3.8, 4) is 0 Å². The number of benzene rings is 2. The van der Waals surface area contributed by atoms with Gasteiger partial charge < -0.3 is 15.8 Å². The largest absolute Gasteiger partial charge is 0.393 e. The Morgan fingerprint density at radius 2 is 2.04 bits per heavy atom. The van der Waals surface area contributed by atoms with E-state index in [0.717, 1.165) is 11.6 Å². The highest BCUT2D eigenvalue weighted by Gasteiger charge is 2.16. The Balaban J connectivity index is 2.23. The van der Waals surface area contributed by atoms with Gasteiger partial charge in [0.25, 0.3) is 11.6 Å². The fourth-order valence-electron chi connectivity index (χ4n) is 2.02. The molecule has 0 aliphatic heterocycles. The third kappa shape index (κ3) is 4.04. The molecular formula is C16H17N3O4. The van der Waals surface area contributed by atoms with Gasteiger partial charge in [-0.1, -0.05) is 18.2 Å². The quantitative estimate of drug-likeness (QED) is 0.484. The van der Waals surface area contributed by atoms with Gasteiger partial charge in [-0.2, -0.15) is 0 Å². The molecule has 0 heterocycles. The molecule has 3 N–H and O–H groups in total. The highest BCUT2D eigenvalue weighted by atomic mass is 16.6. The highest BCUT2D eigenvalue weighted by Crippen LogP contribution is 2.23. The maximum Gasteiger partial charge on any atom is 0.292 e. The van der Waals surface area contributed by atoms with E-state index in [1.54, 1.807) is 12.1 Å². The van der Waals surface area contributed by atoms with E-state index in [1.165, 1.54) is 12.1 Å². The van der Waals surface area contributed by atoms with Gasteiger partial charge in [0.1, 0.15) is 5.69 Å². The maximum atomic E-state index is 12.3. The molecule has 7 nitrogen and oxygen atoms in total. The number of rotatable bonds is 6. The standard InChI is InChI=1S/C16H17N3O4/c1-2-23-10-12-5-3-4-6-14(12)18-16(20)11-7-8-13(17)15(9-11)19(21)22/h3-9H,2,10,17H2,1H3,(H,18,20). The van der Waals surface area contributed by atoms with Crippen molar-refractivity contribution in [3.63, 3.8) is 0 Å². The van der Waals surface area contributed by atoms with Crippen LogP contribution in [0.25, 0.3) is 0 Å². The Kier molecular flexibility index (Phi) is 5.27. The summed E-state index contributed by atoms with van der Waals surface area (Å²) in [5.41, 5.74) is 6.85. The third-order valence-corrected chi connectivity index (χ3v) is 3.22. The van der Waals surface area contributed by atoms with Gasteiger partial charge in [0.15, 0.2) is 0 Å². The average molecular weight is 315 g/mol. The third-order valence-electron chi connectivity index (χ3n) is 3.22. The number of nitrogens with one attached hydrogen (secondary N) is 1. The first-order valence-corrected chi connectivity index (χ1v) is 7.03. The number of nitrogens with zero attached hydrogens (tertiary/aromatic N) is 1. The summed E-state index contributed by atoms with van der Waals surface area (Å²) in [5.74, 6) is -0.447. The number of anilines is 2. The van der Waals surface area contributed by atoms with Crippen LogP contribution in [0.2, 0.25) is 0 Å². The second kappa shape index (κ2) is 7.37. The van der Waals surface area contributed by atoms with E-state index in [2.05, 4.69) is 5.32 Å². The van der Waals surface area contributed by atoms with Crippen LogP contribution in [0.15, 0.2) is 42.5 Å². The van der Waals surface area contributed by atoms with Crippen molar-refractivity contribution in [1.82, 2.24) is 0 Å². The number of hydrogen-bond donors (Lipinski definition) is 2. The lowest BCUT2D eigenvalue weighted by Gasteiger charge is -2.11. The number of carbonyl (C=O) groups is 1. The number of para-hydroxylation sites is 1. The summed E-state index contributed by atoms with van der Waals surface area (Å²) in [5, 5.41) is 13.6. The number of carbonyl (C=O) groups excluding carboxylic acids is 1. The van der Waals surface area contributed by atoms with Crippen LogP contribution < -0.4 is 11.1 Å². The molecule has 2 aromatic carbocycles. The van der Waals surface area contributed by atoms with Crippen LogP contribution in [0.5, 0.6) is 0 Å². The summed E-state index contributed by atoms with van der Waals surface area (Å²) >= 11 is 0. The zero-order valence-electron chi connectivity index (χ0n) is 12.6. The van der Waals surface area contributed by atoms with Crippen molar-refractivity contribution in [1.29, 1.82) is 0 Å². The zero-order chi connectivity index (χ0) is 16.8. The van der Waals surface area contributed by atoms with Crippen LogP contribution in [0.4, 0.5) is 17.1 Å². The molecule has 0 spiro atoms. The van der Waals surface area contributed by atoms with Crippen molar-refractivity contribution in [2.75, 3.05) is 17.7 Å². The molecule has 0 unspecified atom stereocenters. The zero-order valence-corrected chi connectivity index (χ0v) is 12.6. The molecule has 23 heavy (non-hydrogen) atoms. The van der Waals surface area contributed by atoms with E-state index >= 15 is 0 Å². The van der Waals surface area contributed by atoms with Crippen molar-refractivity contribution in [3.05, 3.63) is 63.7 Å².